The predicted molar refractivity (Wildman–Crippen MR) is 61.6 cm³/mol. The first kappa shape index (κ1) is 12.2. The van der Waals surface area contributed by atoms with Crippen LogP contribution in [-0.4, -0.2) is 31.9 Å². The van der Waals surface area contributed by atoms with Crippen LogP contribution in [0.15, 0.2) is 22.4 Å². The van der Waals surface area contributed by atoms with Crippen LogP contribution in [0.5, 0.6) is 0 Å². The van der Waals surface area contributed by atoms with Crippen LogP contribution < -0.4 is 0 Å². The molecule has 0 aromatic rings. The molecule has 0 saturated heterocycles. The van der Waals surface area contributed by atoms with Gasteiger partial charge in [0, 0.05) is 18.7 Å². The average molecular weight is 328 g/mol. The molecule has 2 unspecified atom stereocenters. The minimum atomic E-state index is -0.680. The molecule has 80 valence electrons. The topological polar surface area (TPSA) is 27.7 Å². The second-order valence-corrected chi connectivity index (χ2v) is 4.95. The van der Waals surface area contributed by atoms with Crippen molar-refractivity contribution in [2.45, 2.75) is 10.6 Å². The third kappa shape index (κ3) is 2.21. The van der Waals surface area contributed by atoms with Gasteiger partial charge in [-0.2, -0.15) is 0 Å². The van der Waals surface area contributed by atoms with Gasteiger partial charge in [-0.25, -0.2) is 0 Å². The van der Waals surface area contributed by atoms with Crippen molar-refractivity contribution in [2.24, 2.45) is 0 Å². The molecule has 1 aliphatic rings. The zero-order valence-corrected chi connectivity index (χ0v) is 11.4. The maximum Gasteiger partial charge on any atom is 0.175 e. The highest BCUT2D eigenvalue weighted by Crippen LogP contribution is 2.38. The molecule has 1 aliphatic carbocycles. The summed E-state index contributed by atoms with van der Waals surface area (Å²) in [5.41, 5.74) is 0. The van der Waals surface area contributed by atoms with Gasteiger partial charge in [0.2, 0.25) is 0 Å². The number of alkyl halides is 1. The Hall–Kier alpha value is 0.160. The molecule has 0 aromatic carbocycles. The molecule has 0 aliphatic heterocycles. The van der Waals surface area contributed by atoms with Gasteiger partial charge in [0.1, 0.15) is 5.76 Å². The van der Waals surface area contributed by atoms with Crippen LogP contribution in [0.25, 0.3) is 0 Å². The molecule has 0 heterocycles. The summed E-state index contributed by atoms with van der Waals surface area (Å²) < 4.78 is 16.1. The van der Waals surface area contributed by atoms with Crippen LogP contribution in [-0.2, 0) is 14.2 Å². The van der Waals surface area contributed by atoms with E-state index in [4.69, 9.17) is 14.2 Å². The van der Waals surface area contributed by atoms with Gasteiger partial charge in [0.05, 0.1) is 7.11 Å². The highest BCUT2D eigenvalue weighted by Gasteiger charge is 2.41. The average Bonchev–Trinajstić information content (AvgIpc) is 2.16. The van der Waals surface area contributed by atoms with Crippen LogP contribution in [0.2, 0.25) is 0 Å². The van der Waals surface area contributed by atoms with E-state index in [1.165, 1.54) is 0 Å². The summed E-state index contributed by atoms with van der Waals surface area (Å²) in [6.07, 6.45) is 3.44. The fourth-order valence-electron chi connectivity index (χ4n) is 1.32. The molecular weight excluding hydrogens is 316 g/mol. The molecule has 2 atom stereocenters. The first-order valence-electron chi connectivity index (χ1n) is 3.98. The van der Waals surface area contributed by atoms with Crippen molar-refractivity contribution in [3.8, 4) is 0 Å². The van der Waals surface area contributed by atoms with Crippen LogP contribution in [0.3, 0.4) is 0 Å². The summed E-state index contributed by atoms with van der Waals surface area (Å²) in [5, 5.41) is 0. The van der Waals surface area contributed by atoms with Crippen molar-refractivity contribution in [1.29, 1.82) is 0 Å². The van der Waals surface area contributed by atoms with Gasteiger partial charge < -0.3 is 14.2 Å². The molecule has 3 nitrogen and oxygen atoms in total. The van der Waals surface area contributed by atoms with Gasteiger partial charge in [-0.1, -0.05) is 15.9 Å². The largest absolute Gasteiger partial charge is 0.498 e. The second kappa shape index (κ2) is 4.79. The van der Waals surface area contributed by atoms with Gasteiger partial charge in [0.25, 0.3) is 0 Å². The minimum Gasteiger partial charge on any atom is -0.498 e. The van der Waals surface area contributed by atoms with Gasteiger partial charge in [-0.3, -0.25) is 0 Å². The third-order valence-corrected chi connectivity index (χ3v) is 3.44. The lowest BCUT2D eigenvalue weighted by Gasteiger charge is -2.34. The lowest BCUT2D eigenvalue weighted by Crippen LogP contribution is -2.41. The molecule has 0 spiro atoms. The first-order chi connectivity index (χ1) is 6.57. The smallest absolute Gasteiger partial charge is 0.175 e. The van der Waals surface area contributed by atoms with Crippen molar-refractivity contribution >= 4 is 31.9 Å². The molecule has 0 aromatic heterocycles. The van der Waals surface area contributed by atoms with E-state index in [1.54, 1.807) is 21.3 Å². The van der Waals surface area contributed by atoms with Crippen LogP contribution in [0.4, 0.5) is 0 Å². The van der Waals surface area contributed by atoms with Crippen molar-refractivity contribution < 1.29 is 14.2 Å². The zero-order valence-electron chi connectivity index (χ0n) is 8.21. The summed E-state index contributed by atoms with van der Waals surface area (Å²) >= 11 is 6.85. The predicted octanol–water partition coefficient (Wildman–Crippen LogP) is 2.56. The van der Waals surface area contributed by atoms with Gasteiger partial charge in [-0.15, -0.1) is 0 Å². The number of ether oxygens (including phenoxy) is 3. The van der Waals surface area contributed by atoms with E-state index < -0.39 is 4.51 Å². The standard InChI is InChI=1S/C9H12Br2O3/c1-12-7-4-6(10)5-9(11,14-3)8(7)13-2/h4-5,8H,1-3H3. The molecule has 0 N–H and O–H groups in total. The highest BCUT2D eigenvalue weighted by atomic mass is 79.9. The Kier molecular flexibility index (Phi) is 4.18. The van der Waals surface area contributed by atoms with E-state index in [0.29, 0.717) is 5.76 Å². The monoisotopic (exact) mass is 326 g/mol. The Morgan fingerprint density at radius 3 is 2.43 bits per heavy atom. The van der Waals surface area contributed by atoms with E-state index in [9.17, 15) is 0 Å². The van der Waals surface area contributed by atoms with Gasteiger partial charge >= 0.3 is 0 Å². The number of rotatable bonds is 3. The highest BCUT2D eigenvalue weighted by molar-refractivity contribution is 9.12. The molecule has 0 amide bonds. The fourth-order valence-corrected chi connectivity index (χ4v) is 2.85. The lowest BCUT2D eigenvalue weighted by atomic mass is 10.1. The van der Waals surface area contributed by atoms with Crippen LogP contribution >= 0.6 is 31.9 Å². The maximum absolute atomic E-state index is 5.35. The quantitative estimate of drug-likeness (QED) is 0.746. The van der Waals surface area contributed by atoms with Crippen molar-refractivity contribution in [1.82, 2.24) is 0 Å². The van der Waals surface area contributed by atoms with E-state index >= 15 is 0 Å². The summed E-state index contributed by atoms with van der Waals surface area (Å²) in [6.45, 7) is 0. The van der Waals surface area contributed by atoms with E-state index in [1.807, 2.05) is 12.2 Å². The third-order valence-electron chi connectivity index (χ3n) is 2.02. The van der Waals surface area contributed by atoms with E-state index in [0.717, 1.165) is 4.48 Å². The Morgan fingerprint density at radius 2 is 2.00 bits per heavy atom. The Bertz CT molecular complexity index is 275. The first-order valence-corrected chi connectivity index (χ1v) is 5.56. The van der Waals surface area contributed by atoms with E-state index in [-0.39, 0.29) is 6.10 Å². The molecule has 0 radical (unpaired) electrons. The normalized spacial score (nSPS) is 32.2. The number of hydrogen-bond acceptors (Lipinski definition) is 3. The van der Waals surface area contributed by atoms with E-state index in [2.05, 4.69) is 31.9 Å². The minimum absolute atomic E-state index is 0.293. The number of methoxy groups -OCH3 is 3. The second-order valence-electron chi connectivity index (χ2n) is 2.80. The zero-order chi connectivity index (χ0) is 10.8. The molecular formula is C9H12Br2O3. The molecule has 0 bridgehead atoms. The molecule has 5 heteroatoms. The molecule has 14 heavy (non-hydrogen) atoms. The molecule has 0 saturated carbocycles. The Labute approximate surface area is 100 Å². The van der Waals surface area contributed by atoms with Gasteiger partial charge in [-0.05, 0) is 28.1 Å². The fraction of sp³-hybridized carbons (Fsp3) is 0.556. The summed E-state index contributed by atoms with van der Waals surface area (Å²) in [5.74, 6) is 0.709. The van der Waals surface area contributed by atoms with Crippen molar-refractivity contribution in [2.75, 3.05) is 21.3 Å². The van der Waals surface area contributed by atoms with Crippen LogP contribution in [0.1, 0.15) is 0 Å². The summed E-state index contributed by atoms with van der Waals surface area (Å²) in [6, 6.07) is 0. The van der Waals surface area contributed by atoms with Crippen LogP contribution in [0, 0.1) is 0 Å². The Morgan fingerprint density at radius 1 is 1.36 bits per heavy atom. The number of allylic oxidation sites excluding steroid dienone is 2. The molecule has 0 fully saturated rings. The van der Waals surface area contributed by atoms with Crippen molar-refractivity contribution in [3.05, 3.63) is 22.4 Å². The summed E-state index contributed by atoms with van der Waals surface area (Å²) in [7, 11) is 4.82. The SMILES string of the molecule is COC1=CC(Br)=CC(Br)(OC)C1OC. The Balaban J connectivity index is 3.06. The van der Waals surface area contributed by atoms with Gasteiger partial charge in [0.15, 0.2) is 10.6 Å². The molecule has 1 rings (SSSR count). The maximum atomic E-state index is 5.35. The number of hydrogen-bond donors (Lipinski definition) is 0. The summed E-state index contributed by atoms with van der Waals surface area (Å²) in [4.78, 5) is 0. The number of halogens is 2. The lowest BCUT2D eigenvalue weighted by molar-refractivity contribution is -0.0336. The van der Waals surface area contributed by atoms with Crippen molar-refractivity contribution in [3.63, 3.8) is 0 Å².